The van der Waals surface area contributed by atoms with Crippen molar-refractivity contribution in [3.8, 4) is 0 Å². The van der Waals surface area contributed by atoms with Gasteiger partial charge < -0.3 is 9.64 Å². The Kier molecular flexibility index (Phi) is 5.15. The lowest BCUT2D eigenvalue weighted by atomic mass is 9.73. The Morgan fingerprint density at radius 1 is 1.17 bits per heavy atom. The minimum absolute atomic E-state index is 0.0570. The van der Waals surface area contributed by atoms with Crippen LogP contribution in [0.15, 0.2) is 18.2 Å². The molecule has 2 aliphatic rings. The summed E-state index contributed by atoms with van der Waals surface area (Å²) in [5.41, 5.74) is 0.493. The number of carbonyl (C=O) groups excluding carboxylic acids is 1. The Morgan fingerprint density at radius 3 is 2.25 bits per heavy atom. The lowest BCUT2D eigenvalue weighted by molar-refractivity contribution is -0.178. The number of hydrogen-bond acceptors (Lipinski definition) is 2. The standard InChI is InChI=1S/C19H25Cl2NO2/c1-3-19(4-2,14-5-6-15(20)16(21)13-14)17(23)22-10-7-18(8-11-22)9-12-24-18/h5-6,13H,3-4,7-12H2,1-2H3. The maximum Gasteiger partial charge on any atom is 0.233 e. The molecule has 1 aromatic carbocycles. The highest BCUT2D eigenvalue weighted by Gasteiger charge is 2.46. The molecule has 1 amide bonds. The monoisotopic (exact) mass is 369 g/mol. The molecule has 0 bridgehead atoms. The SMILES string of the molecule is CCC(CC)(C(=O)N1CCC2(CCO2)CC1)c1ccc(Cl)c(Cl)c1. The number of carbonyl (C=O) groups is 1. The third-order valence-electron chi connectivity index (χ3n) is 6.02. The van der Waals surface area contributed by atoms with Crippen molar-refractivity contribution in [1.29, 1.82) is 0 Å². The van der Waals surface area contributed by atoms with E-state index >= 15 is 0 Å². The fraction of sp³-hybridized carbons (Fsp3) is 0.632. The van der Waals surface area contributed by atoms with E-state index in [1.165, 1.54) is 0 Å². The fourth-order valence-electron chi connectivity index (χ4n) is 4.08. The second-order valence-electron chi connectivity index (χ2n) is 6.99. The van der Waals surface area contributed by atoms with Gasteiger partial charge in [-0.05, 0) is 49.8 Å². The Hall–Kier alpha value is -0.770. The molecule has 2 saturated heterocycles. The van der Waals surface area contributed by atoms with E-state index in [2.05, 4.69) is 13.8 Å². The van der Waals surface area contributed by atoms with Crippen LogP contribution in [-0.4, -0.2) is 36.1 Å². The van der Waals surface area contributed by atoms with Crippen molar-refractivity contribution in [2.75, 3.05) is 19.7 Å². The molecular formula is C19H25Cl2NO2. The summed E-state index contributed by atoms with van der Waals surface area (Å²) in [4.78, 5) is 15.4. The highest BCUT2D eigenvalue weighted by atomic mass is 35.5. The predicted molar refractivity (Wildman–Crippen MR) is 97.8 cm³/mol. The van der Waals surface area contributed by atoms with Gasteiger partial charge in [0.1, 0.15) is 0 Å². The molecule has 24 heavy (non-hydrogen) atoms. The first kappa shape index (κ1) is 18.0. The number of ether oxygens (including phenoxy) is 1. The van der Waals surface area contributed by atoms with Crippen LogP contribution in [0.4, 0.5) is 0 Å². The van der Waals surface area contributed by atoms with Gasteiger partial charge in [0, 0.05) is 13.1 Å². The molecule has 0 aliphatic carbocycles. The van der Waals surface area contributed by atoms with Crippen LogP contribution in [0, 0.1) is 0 Å². The van der Waals surface area contributed by atoms with E-state index in [4.69, 9.17) is 27.9 Å². The lowest BCUT2D eigenvalue weighted by Crippen LogP contribution is -2.56. The van der Waals surface area contributed by atoms with E-state index in [1.807, 2.05) is 17.0 Å². The zero-order valence-corrected chi connectivity index (χ0v) is 15.9. The molecule has 1 spiro atoms. The third-order valence-corrected chi connectivity index (χ3v) is 6.76. The van der Waals surface area contributed by atoms with E-state index in [1.54, 1.807) is 6.07 Å². The Morgan fingerprint density at radius 2 is 1.79 bits per heavy atom. The van der Waals surface area contributed by atoms with Gasteiger partial charge >= 0.3 is 0 Å². The molecule has 5 heteroatoms. The summed E-state index contributed by atoms with van der Waals surface area (Å²) in [7, 11) is 0. The van der Waals surface area contributed by atoms with E-state index in [-0.39, 0.29) is 11.5 Å². The van der Waals surface area contributed by atoms with Gasteiger partial charge in [0.15, 0.2) is 0 Å². The van der Waals surface area contributed by atoms with Crippen LogP contribution >= 0.6 is 23.2 Å². The van der Waals surface area contributed by atoms with Gasteiger partial charge in [0.25, 0.3) is 0 Å². The first-order valence-electron chi connectivity index (χ1n) is 8.85. The maximum absolute atomic E-state index is 13.4. The first-order chi connectivity index (χ1) is 11.5. The number of likely N-dealkylation sites (tertiary alicyclic amines) is 1. The quantitative estimate of drug-likeness (QED) is 0.760. The number of benzene rings is 1. The van der Waals surface area contributed by atoms with Crippen LogP contribution < -0.4 is 0 Å². The zero-order valence-electron chi connectivity index (χ0n) is 14.4. The molecule has 132 valence electrons. The number of halogens is 2. The van der Waals surface area contributed by atoms with Crippen molar-refractivity contribution in [3.63, 3.8) is 0 Å². The summed E-state index contributed by atoms with van der Waals surface area (Å²) < 4.78 is 5.77. The smallest absolute Gasteiger partial charge is 0.233 e. The molecule has 0 radical (unpaired) electrons. The average Bonchev–Trinajstić information content (AvgIpc) is 2.58. The predicted octanol–water partition coefficient (Wildman–Crippen LogP) is 4.83. The molecule has 0 aromatic heterocycles. The molecule has 2 fully saturated rings. The Labute approximate surface area is 154 Å². The summed E-state index contributed by atoms with van der Waals surface area (Å²) in [6, 6.07) is 5.59. The van der Waals surface area contributed by atoms with Crippen LogP contribution in [-0.2, 0) is 14.9 Å². The largest absolute Gasteiger partial charge is 0.375 e. The number of hydrogen-bond donors (Lipinski definition) is 0. The number of nitrogens with zero attached hydrogens (tertiary/aromatic N) is 1. The number of piperidine rings is 1. The van der Waals surface area contributed by atoms with Crippen molar-refractivity contribution in [1.82, 2.24) is 4.90 Å². The molecule has 0 atom stereocenters. The first-order valence-corrected chi connectivity index (χ1v) is 9.61. The summed E-state index contributed by atoms with van der Waals surface area (Å²) in [6.45, 7) is 6.57. The highest BCUT2D eigenvalue weighted by molar-refractivity contribution is 6.42. The van der Waals surface area contributed by atoms with Gasteiger partial charge in [-0.25, -0.2) is 0 Å². The van der Waals surface area contributed by atoms with Crippen LogP contribution in [0.1, 0.15) is 51.5 Å². The van der Waals surface area contributed by atoms with Crippen molar-refractivity contribution in [3.05, 3.63) is 33.8 Å². The van der Waals surface area contributed by atoms with Crippen molar-refractivity contribution < 1.29 is 9.53 Å². The van der Waals surface area contributed by atoms with Gasteiger partial charge in [-0.1, -0.05) is 43.1 Å². The second-order valence-corrected chi connectivity index (χ2v) is 7.81. The van der Waals surface area contributed by atoms with Gasteiger partial charge in [-0.15, -0.1) is 0 Å². The van der Waals surface area contributed by atoms with Gasteiger partial charge in [-0.3, -0.25) is 4.79 Å². The van der Waals surface area contributed by atoms with E-state index in [0.717, 1.165) is 57.4 Å². The maximum atomic E-state index is 13.4. The van der Waals surface area contributed by atoms with E-state index in [9.17, 15) is 4.79 Å². The van der Waals surface area contributed by atoms with Gasteiger partial charge in [-0.2, -0.15) is 0 Å². The molecule has 1 aromatic rings. The van der Waals surface area contributed by atoms with E-state index < -0.39 is 5.41 Å². The molecule has 3 rings (SSSR count). The van der Waals surface area contributed by atoms with Crippen LogP contribution in [0.25, 0.3) is 0 Å². The number of rotatable bonds is 4. The van der Waals surface area contributed by atoms with Crippen molar-refractivity contribution >= 4 is 29.1 Å². The van der Waals surface area contributed by atoms with Gasteiger partial charge in [0.05, 0.1) is 27.7 Å². The molecule has 2 heterocycles. The Balaban J connectivity index is 1.83. The average molecular weight is 370 g/mol. The summed E-state index contributed by atoms with van der Waals surface area (Å²) in [6.07, 6.45) is 4.53. The molecular weight excluding hydrogens is 345 g/mol. The summed E-state index contributed by atoms with van der Waals surface area (Å²) in [5.74, 6) is 0.208. The Bertz CT molecular complexity index is 614. The minimum atomic E-state index is -0.529. The number of amides is 1. The van der Waals surface area contributed by atoms with Crippen LogP contribution in [0.5, 0.6) is 0 Å². The van der Waals surface area contributed by atoms with Gasteiger partial charge in [0.2, 0.25) is 5.91 Å². The van der Waals surface area contributed by atoms with E-state index in [0.29, 0.717) is 10.0 Å². The third kappa shape index (κ3) is 2.95. The topological polar surface area (TPSA) is 29.5 Å². The van der Waals surface area contributed by atoms with Crippen LogP contribution in [0.3, 0.4) is 0 Å². The highest BCUT2D eigenvalue weighted by Crippen LogP contribution is 2.40. The summed E-state index contributed by atoms with van der Waals surface area (Å²) in [5, 5.41) is 1.03. The van der Waals surface area contributed by atoms with Crippen molar-refractivity contribution in [2.45, 2.75) is 57.0 Å². The normalized spacial score (nSPS) is 20.1. The molecule has 3 nitrogen and oxygen atoms in total. The summed E-state index contributed by atoms with van der Waals surface area (Å²) >= 11 is 12.3. The zero-order chi connectivity index (χ0) is 17.4. The molecule has 2 aliphatic heterocycles. The van der Waals surface area contributed by atoms with Crippen LogP contribution in [0.2, 0.25) is 10.0 Å². The van der Waals surface area contributed by atoms with Crippen molar-refractivity contribution in [2.24, 2.45) is 0 Å². The lowest BCUT2D eigenvalue weighted by Gasteiger charge is -2.49. The molecule has 0 N–H and O–H groups in total. The second kappa shape index (κ2) is 6.86. The minimum Gasteiger partial charge on any atom is -0.375 e. The molecule has 0 saturated carbocycles. The molecule has 0 unspecified atom stereocenters. The fourth-order valence-corrected chi connectivity index (χ4v) is 4.38.